The predicted molar refractivity (Wildman–Crippen MR) is 131 cm³/mol. The largest absolute Gasteiger partial charge is 0.496 e. The van der Waals surface area contributed by atoms with Crippen molar-refractivity contribution in [2.45, 2.75) is 38.8 Å². The summed E-state index contributed by atoms with van der Waals surface area (Å²) in [5.74, 6) is 0.189. The Balaban J connectivity index is 1.82. The fourth-order valence-electron chi connectivity index (χ4n) is 4.08. The van der Waals surface area contributed by atoms with Crippen molar-refractivity contribution in [2.24, 2.45) is 5.92 Å². The van der Waals surface area contributed by atoms with Gasteiger partial charge in [0, 0.05) is 35.9 Å². The van der Waals surface area contributed by atoms with Gasteiger partial charge in [-0.1, -0.05) is 30.3 Å². The van der Waals surface area contributed by atoms with Gasteiger partial charge in [-0.2, -0.15) is 5.10 Å². The molecule has 1 heterocycles. The average Bonchev–Trinajstić information content (AvgIpc) is 3.30. The van der Waals surface area contributed by atoms with Crippen molar-refractivity contribution in [3.8, 4) is 11.5 Å². The van der Waals surface area contributed by atoms with E-state index in [1.807, 2.05) is 37.3 Å². The first kappa shape index (κ1) is 25.1. The molecule has 7 heteroatoms. The van der Waals surface area contributed by atoms with Gasteiger partial charge in [-0.15, -0.1) is 0 Å². The van der Waals surface area contributed by atoms with Gasteiger partial charge >= 0.3 is 5.97 Å². The number of aliphatic hydroxyl groups excluding tert-OH is 1. The Hall–Kier alpha value is -3.58. The van der Waals surface area contributed by atoms with E-state index in [4.69, 9.17) is 14.6 Å². The van der Waals surface area contributed by atoms with E-state index >= 15 is 0 Å². The van der Waals surface area contributed by atoms with E-state index in [-0.39, 0.29) is 5.92 Å². The van der Waals surface area contributed by atoms with Gasteiger partial charge in [0.05, 0.1) is 26.5 Å². The Morgan fingerprint density at radius 1 is 1.15 bits per heavy atom. The molecule has 1 unspecified atom stereocenters. The average molecular weight is 465 g/mol. The van der Waals surface area contributed by atoms with Crippen LogP contribution >= 0.6 is 0 Å². The van der Waals surface area contributed by atoms with Crippen molar-refractivity contribution in [3.63, 3.8) is 0 Å². The molecule has 0 saturated carbocycles. The van der Waals surface area contributed by atoms with E-state index in [1.54, 1.807) is 31.3 Å². The third-order valence-corrected chi connectivity index (χ3v) is 5.94. The highest BCUT2D eigenvalue weighted by molar-refractivity contribution is 5.85. The Kier molecular flexibility index (Phi) is 8.87. The van der Waals surface area contributed by atoms with Crippen LogP contribution in [0.5, 0.6) is 11.5 Å². The molecule has 7 nitrogen and oxygen atoms in total. The molecule has 0 saturated heterocycles. The molecule has 180 valence electrons. The van der Waals surface area contributed by atoms with Crippen molar-refractivity contribution in [1.29, 1.82) is 0 Å². The minimum Gasteiger partial charge on any atom is -0.496 e. The van der Waals surface area contributed by atoms with Gasteiger partial charge in [0.25, 0.3) is 0 Å². The summed E-state index contributed by atoms with van der Waals surface area (Å²) < 4.78 is 12.8. The van der Waals surface area contributed by atoms with E-state index < -0.39 is 12.1 Å². The maximum absolute atomic E-state index is 11.4. The van der Waals surface area contributed by atoms with Crippen molar-refractivity contribution >= 4 is 12.0 Å². The first-order chi connectivity index (χ1) is 16.4. The summed E-state index contributed by atoms with van der Waals surface area (Å²) in [6.07, 6.45) is 7.81. The van der Waals surface area contributed by atoms with Crippen molar-refractivity contribution < 1.29 is 24.5 Å². The number of rotatable bonds is 12. The summed E-state index contributed by atoms with van der Waals surface area (Å²) >= 11 is 0. The number of aliphatic hydroxyl groups is 1. The van der Waals surface area contributed by atoms with E-state index in [2.05, 4.69) is 17.2 Å². The number of aromatic nitrogens is 2. The number of ether oxygens (including phenoxy) is 2. The second-order valence-corrected chi connectivity index (χ2v) is 8.30. The Morgan fingerprint density at radius 2 is 1.82 bits per heavy atom. The summed E-state index contributed by atoms with van der Waals surface area (Å²) in [5, 5.41) is 24.6. The zero-order valence-electron chi connectivity index (χ0n) is 19.8. The van der Waals surface area contributed by atoms with Crippen LogP contribution in [0.2, 0.25) is 0 Å². The number of hydrogen-bond acceptors (Lipinski definition) is 5. The van der Waals surface area contributed by atoms with Crippen LogP contribution in [0.3, 0.4) is 0 Å². The van der Waals surface area contributed by atoms with Crippen molar-refractivity contribution in [3.05, 3.63) is 83.2 Å². The number of carboxylic acid groups (broad SMARTS) is 1. The van der Waals surface area contributed by atoms with Crippen LogP contribution in [0.1, 0.15) is 41.2 Å². The molecule has 0 aliphatic rings. The molecule has 0 bridgehead atoms. The van der Waals surface area contributed by atoms with E-state index in [0.29, 0.717) is 23.6 Å². The van der Waals surface area contributed by atoms with Crippen LogP contribution in [-0.2, 0) is 17.8 Å². The summed E-state index contributed by atoms with van der Waals surface area (Å²) in [6, 6.07) is 14.0. The molecular formula is C27H32N2O5. The number of carbonyl (C=O) groups is 1. The van der Waals surface area contributed by atoms with Gasteiger partial charge in [0.2, 0.25) is 0 Å². The van der Waals surface area contributed by atoms with E-state index in [1.165, 1.54) is 11.6 Å². The van der Waals surface area contributed by atoms with Gasteiger partial charge in [0.15, 0.2) is 0 Å². The quantitative estimate of drug-likeness (QED) is 0.378. The Morgan fingerprint density at radius 3 is 2.44 bits per heavy atom. The van der Waals surface area contributed by atoms with Gasteiger partial charge in [-0.05, 0) is 55.5 Å². The smallest absolute Gasteiger partial charge is 0.328 e. The number of methoxy groups -OCH3 is 2. The first-order valence-corrected chi connectivity index (χ1v) is 11.3. The molecule has 0 amide bonds. The highest BCUT2D eigenvalue weighted by atomic mass is 16.5. The second-order valence-electron chi connectivity index (χ2n) is 8.30. The maximum Gasteiger partial charge on any atom is 0.328 e. The number of carboxylic acids is 1. The molecular weight excluding hydrogens is 432 g/mol. The molecule has 0 spiro atoms. The molecule has 34 heavy (non-hydrogen) atoms. The zero-order valence-corrected chi connectivity index (χ0v) is 19.8. The van der Waals surface area contributed by atoms with Crippen LogP contribution in [0.4, 0.5) is 0 Å². The highest BCUT2D eigenvalue weighted by Gasteiger charge is 2.24. The molecule has 3 rings (SSSR count). The highest BCUT2D eigenvalue weighted by Crippen LogP contribution is 2.36. The Labute approximate surface area is 200 Å². The Bertz CT molecular complexity index is 1080. The number of aryl methyl sites for hydroxylation is 1. The predicted octanol–water partition coefficient (Wildman–Crippen LogP) is 4.68. The van der Waals surface area contributed by atoms with Crippen molar-refractivity contribution in [1.82, 2.24) is 9.78 Å². The molecule has 0 fully saturated rings. The lowest BCUT2D eigenvalue weighted by atomic mass is 9.89. The van der Waals surface area contributed by atoms with Gasteiger partial charge in [-0.3, -0.25) is 4.68 Å². The molecule has 2 aromatic carbocycles. The number of hydrogen-bond donors (Lipinski definition) is 2. The fraction of sp³-hybridized carbons (Fsp3) is 0.333. The lowest BCUT2D eigenvalue weighted by molar-refractivity contribution is -0.131. The molecule has 0 aliphatic carbocycles. The number of nitrogens with zero attached hydrogens (tertiary/aromatic N) is 2. The summed E-state index contributed by atoms with van der Waals surface area (Å²) in [6.45, 7) is 2.40. The SMILES string of the molecule is COc1cc(C(O)[C@H](CCCc2ccccc2)Cn2cc(/C=C/C(=O)O)cn2)cc(OC)c1C. The van der Waals surface area contributed by atoms with Gasteiger partial charge < -0.3 is 19.7 Å². The van der Waals surface area contributed by atoms with Gasteiger partial charge in [0.1, 0.15) is 11.5 Å². The van der Waals surface area contributed by atoms with Crippen LogP contribution < -0.4 is 9.47 Å². The molecule has 0 radical (unpaired) electrons. The summed E-state index contributed by atoms with van der Waals surface area (Å²) in [5.41, 5.74) is 3.55. The molecule has 3 aromatic rings. The number of benzene rings is 2. The topological polar surface area (TPSA) is 93.8 Å². The summed E-state index contributed by atoms with van der Waals surface area (Å²) in [7, 11) is 3.20. The van der Waals surface area contributed by atoms with E-state index in [9.17, 15) is 9.90 Å². The van der Waals surface area contributed by atoms with Crippen molar-refractivity contribution in [2.75, 3.05) is 14.2 Å². The maximum atomic E-state index is 11.4. The standard InChI is InChI=1S/C27H32N2O5/c1-19-24(33-2)14-23(15-25(19)34-3)27(32)22(11-7-10-20-8-5-4-6-9-20)18-29-17-21(16-28-29)12-13-26(30)31/h4-6,8-9,12-17,22,27,32H,7,10-11,18H2,1-3H3,(H,30,31)/b13-12+/t22-,27?/m1/s1. The number of aliphatic carboxylic acids is 1. The second kappa shape index (κ2) is 12.0. The molecule has 0 aliphatic heterocycles. The fourth-order valence-corrected chi connectivity index (χ4v) is 4.08. The van der Waals surface area contributed by atoms with Crippen LogP contribution in [0.15, 0.2) is 60.9 Å². The third kappa shape index (κ3) is 6.71. The van der Waals surface area contributed by atoms with E-state index in [0.717, 1.165) is 36.5 Å². The van der Waals surface area contributed by atoms with Crippen LogP contribution in [0.25, 0.3) is 6.08 Å². The summed E-state index contributed by atoms with van der Waals surface area (Å²) in [4.78, 5) is 10.8. The normalized spacial score (nSPS) is 13.1. The molecule has 1 aromatic heterocycles. The van der Waals surface area contributed by atoms with Gasteiger partial charge in [-0.25, -0.2) is 4.79 Å². The minimum atomic E-state index is -1.01. The molecule has 2 atom stereocenters. The lowest BCUT2D eigenvalue weighted by Gasteiger charge is -2.25. The lowest BCUT2D eigenvalue weighted by Crippen LogP contribution is -2.20. The monoisotopic (exact) mass is 464 g/mol. The molecule has 2 N–H and O–H groups in total. The first-order valence-electron chi connectivity index (χ1n) is 11.3. The zero-order chi connectivity index (χ0) is 24.5. The third-order valence-electron chi connectivity index (χ3n) is 5.94. The minimum absolute atomic E-state index is 0.128. The van der Waals surface area contributed by atoms with Crippen LogP contribution in [-0.4, -0.2) is 40.2 Å². The van der Waals surface area contributed by atoms with Crippen LogP contribution in [0, 0.1) is 12.8 Å².